The molecule has 0 saturated heterocycles. The lowest BCUT2D eigenvalue weighted by Gasteiger charge is -2.10. The van der Waals surface area contributed by atoms with Gasteiger partial charge in [-0.15, -0.1) is 0 Å². The molecule has 0 aliphatic heterocycles. The van der Waals surface area contributed by atoms with Crippen LogP contribution in [-0.4, -0.2) is 7.85 Å². The SMILES string of the molecule is Bc1ccc2c3c(cccc13)-c1cc(C/C(=C\C=C/CC)c3ccccc3)ccc1-2. The Hall–Kier alpha value is -3.32. The van der Waals surface area contributed by atoms with Crippen LogP contribution in [0.4, 0.5) is 0 Å². The Balaban J connectivity index is 1.58. The van der Waals surface area contributed by atoms with Crippen molar-refractivity contribution in [2.45, 2.75) is 19.8 Å². The van der Waals surface area contributed by atoms with E-state index in [1.54, 1.807) is 0 Å². The van der Waals surface area contributed by atoms with Gasteiger partial charge in [-0.2, -0.15) is 0 Å². The molecule has 4 aromatic rings. The molecular weight excluding hydrogens is 359 g/mol. The topological polar surface area (TPSA) is 0 Å². The van der Waals surface area contributed by atoms with Gasteiger partial charge in [-0.05, 0) is 62.6 Å². The second-order valence-corrected chi connectivity index (χ2v) is 8.11. The molecular formula is C29H25B. The fourth-order valence-corrected chi connectivity index (χ4v) is 4.61. The summed E-state index contributed by atoms with van der Waals surface area (Å²) < 4.78 is 0. The van der Waals surface area contributed by atoms with Crippen LogP contribution >= 0.6 is 0 Å². The predicted molar refractivity (Wildman–Crippen MR) is 134 cm³/mol. The van der Waals surface area contributed by atoms with Gasteiger partial charge in [0.15, 0.2) is 0 Å². The molecule has 0 radical (unpaired) electrons. The van der Waals surface area contributed by atoms with E-state index >= 15 is 0 Å². The Labute approximate surface area is 180 Å². The smallest absolute Gasteiger partial charge is 0.0848 e. The molecule has 4 aromatic carbocycles. The van der Waals surface area contributed by atoms with Crippen LogP contribution in [-0.2, 0) is 6.42 Å². The number of fused-ring (bicyclic) bond motifs is 3. The average Bonchev–Trinajstić information content (AvgIpc) is 3.11. The van der Waals surface area contributed by atoms with Gasteiger partial charge in [-0.1, -0.05) is 109 Å². The van der Waals surface area contributed by atoms with E-state index in [1.807, 2.05) is 0 Å². The maximum absolute atomic E-state index is 2.40. The molecule has 0 saturated carbocycles. The number of benzene rings is 4. The minimum atomic E-state index is 0.927. The molecule has 0 unspecified atom stereocenters. The molecule has 0 spiro atoms. The van der Waals surface area contributed by atoms with Gasteiger partial charge in [0.1, 0.15) is 7.85 Å². The molecule has 30 heavy (non-hydrogen) atoms. The zero-order valence-electron chi connectivity index (χ0n) is 17.7. The van der Waals surface area contributed by atoms with Crippen LogP contribution < -0.4 is 5.46 Å². The Morgan fingerprint density at radius 3 is 2.43 bits per heavy atom. The number of allylic oxidation sites excluding steroid dienone is 4. The maximum atomic E-state index is 2.40. The third-order valence-electron chi connectivity index (χ3n) is 6.13. The Morgan fingerprint density at radius 2 is 1.60 bits per heavy atom. The first-order chi connectivity index (χ1) is 14.8. The Morgan fingerprint density at radius 1 is 0.800 bits per heavy atom. The summed E-state index contributed by atoms with van der Waals surface area (Å²) in [6.07, 6.45) is 8.65. The van der Waals surface area contributed by atoms with Gasteiger partial charge in [-0.25, -0.2) is 0 Å². The zero-order chi connectivity index (χ0) is 20.5. The summed E-state index contributed by atoms with van der Waals surface area (Å²) in [6, 6.07) is 29.0. The first-order valence-electron chi connectivity index (χ1n) is 10.8. The van der Waals surface area contributed by atoms with E-state index in [-0.39, 0.29) is 0 Å². The quantitative estimate of drug-likeness (QED) is 0.245. The van der Waals surface area contributed by atoms with E-state index in [9.17, 15) is 0 Å². The van der Waals surface area contributed by atoms with E-state index < -0.39 is 0 Å². The van der Waals surface area contributed by atoms with E-state index in [0.29, 0.717) is 0 Å². The Kier molecular flexibility index (Phi) is 4.89. The molecule has 5 rings (SSSR count). The summed E-state index contributed by atoms with van der Waals surface area (Å²) in [4.78, 5) is 0. The fourth-order valence-electron chi connectivity index (χ4n) is 4.61. The highest BCUT2D eigenvalue weighted by Crippen LogP contribution is 2.47. The lowest BCUT2D eigenvalue weighted by atomic mass is 9.88. The second kappa shape index (κ2) is 7.84. The first kappa shape index (κ1) is 18.7. The van der Waals surface area contributed by atoms with Gasteiger partial charge in [0.2, 0.25) is 0 Å². The lowest BCUT2D eigenvalue weighted by Crippen LogP contribution is -2.02. The van der Waals surface area contributed by atoms with Crippen molar-refractivity contribution in [3.05, 3.63) is 108 Å². The van der Waals surface area contributed by atoms with E-state index in [0.717, 1.165) is 12.8 Å². The molecule has 0 fully saturated rings. The van der Waals surface area contributed by atoms with E-state index in [4.69, 9.17) is 0 Å². The minimum Gasteiger partial charge on any atom is -0.0848 e. The van der Waals surface area contributed by atoms with Crippen molar-refractivity contribution < 1.29 is 0 Å². The number of hydrogen-bond acceptors (Lipinski definition) is 0. The standard InChI is InChI=1S/C29H25B/c1-2-3-5-11-22(21-9-6-4-7-10-21)18-20-14-15-23-25-16-17-28(30)26-13-8-12-24(29(25)26)27(23)19-20/h3-17,19H,2,18,30H2,1H3/b5-3-,22-11+. The molecule has 0 heterocycles. The number of hydrogen-bond donors (Lipinski definition) is 0. The molecule has 1 heteroatoms. The molecule has 1 aliphatic rings. The van der Waals surface area contributed by atoms with Gasteiger partial charge >= 0.3 is 0 Å². The molecule has 0 atom stereocenters. The molecule has 0 bridgehead atoms. The summed E-state index contributed by atoms with van der Waals surface area (Å²) in [6.45, 7) is 2.17. The summed E-state index contributed by atoms with van der Waals surface area (Å²) in [7, 11) is 2.21. The second-order valence-electron chi connectivity index (χ2n) is 8.11. The number of rotatable bonds is 5. The zero-order valence-corrected chi connectivity index (χ0v) is 17.7. The van der Waals surface area contributed by atoms with Crippen molar-refractivity contribution in [2.75, 3.05) is 0 Å². The van der Waals surface area contributed by atoms with Crippen LogP contribution in [0.2, 0.25) is 0 Å². The van der Waals surface area contributed by atoms with Gasteiger partial charge in [0.05, 0.1) is 0 Å². The van der Waals surface area contributed by atoms with Crippen LogP contribution in [0.25, 0.3) is 38.6 Å². The fraction of sp³-hybridized carbons (Fsp3) is 0.103. The van der Waals surface area contributed by atoms with Gasteiger partial charge in [-0.3, -0.25) is 0 Å². The van der Waals surface area contributed by atoms with Crippen LogP contribution in [0.3, 0.4) is 0 Å². The van der Waals surface area contributed by atoms with Crippen LogP contribution in [0.15, 0.2) is 97.1 Å². The third-order valence-corrected chi connectivity index (χ3v) is 6.13. The van der Waals surface area contributed by atoms with Crippen LogP contribution in [0, 0.1) is 0 Å². The highest BCUT2D eigenvalue weighted by molar-refractivity contribution is 6.40. The van der Waals surface area contributed by atoms with Crippen molar-refractivity contribution in [3.63, 3.8) is 0 Å². The average molecular weight is 384 g/mol. The van der Waals surface area contributed by atoms with E-state index in [2.05, 4.69) is 112 Å². The van der Waals surface area contributed by atoms with Gasteiger partial charge < -0.3 is 0 Å². The molecule has 0 nitrogen and oxygen atoms in total. The maximum Gasteiger partial charge on any atom is 0.140 e. The van der Waals surface area contributed by atoms with Gasteiger partial charge in [0, 0.05) is 0 Å². The monoisotopic (exact) mass is 384 g/mol. The highest BCUT2D eigenvalue weighted by Gasteiger charge is 2.21. The third kappa shape index (κ3) is 3.21. The Bertz CT molecular complexity index is 1290. The summed E-state index contributed by atoms with van der Waals surface area (Å²) in [5, 5.41) is 2.78. The van der Waals surface area contributed by atoms with Crippen molar-refractivity contribution in [1.29, 1.82) is 0 Å². The highest BCUT2D eigenvalue weighted by atomic mass is 14.2. The predicted octanol–water partition coefficient (Wildman–Crippen LogP) is 6.34. The molecule has 1 aliphatic carbocycles. The van der Waals surface area contributed by atoms with E-state index in [1.165, 1.54) is 55.2 Å². The first-order valence-corrected chi connectivity index (χ1v) is 10.8. The summed E-state index contributed by atoms with van der Waals surface area (Å²) in [5.41, 5.74) is 10.8. The summed E-state index contributed by atoms with van der Waals surface area (Å²) in [5.74, 6) is 0. The van der Waals surface area contributed by atoms with Crippen LogP contribution in [0.5, 0.6) is 0 Å². The summed E-state index contributed by atoms with van der Waals surface area (Å²) >= 11 is 0. The molecule has 0 amide bonds. The normalized spacial score (nSPS) is 12.6. The van der Waals surface area contributed by atoms with Crippen molar-refractivity contribution >= 4 is 29.7 Å². The molecule has 144 valence electrons. The molecule has 0 aromatic heterocycles. The lowest BCUT2D eigenvalue weighted by molar-refractivity contribution is 1.22. The van der Waals surface area contributed by atoms with Crippen molar-refractivity contribution in [3.8, 4) is 22.3 Å². The minimum absolute atomic E-state index is 0.927. The van der Waals surface area contributed by atoms with Gasteiger partial charge in [0.25, 0.3) is 0 Å². The largest absolute Gasteiger partial charge is 0.140 e. The van der Waals surface area contributed by atoms with Crippen LogP contribution in [0.1, 0.15) is 24.5 Å². The van der Waals surface area contributed by atoms with Crippen molar-refractivity contribution in [1.82, 2.24) is 0 Å². The molecule has 0 N–H and O–H groups in total. The van der Waals surface area contributed by atoms with Crippen molar-refractivity contribution in [2.24, 2.45) is 0 Å².